The predicted octanol–water partition coefficient (Wildman–Crippen LogP) is 6.13. The van der Waals surface area contributed by atoms with Gasteiger partial charge in [-0.05, 0) is 42.4 Å². The van der Waals surface area contributed by atoms with Crippen LogP contribution in [0.15, 0.2) is 23.1 Å². The third kappa shape index (κ3) is 6.94. The number of benzene rings is 1. The van der Waals surface area contributed by atoms with Gasteiger partial charge in [0.25, 0.3) is 10.1 Å². The molecule has 0 bridgehead atoms. The van der Waals surface area contributed by atoms with Gasteiger partial charge >= 0.3 is 0 Å². The summed E-state index contributed by atoms with van der Waals surface area (Å²) in [6.07, 6.45) is 11.3. The lowest BCUT2D eigenvalue weighted by molar-refractivity contribution is 0.480. The molecule has 1 unspecified atom stereocenters. The zero-order valence-corrected chi connectivity index (χ0v) is 16.4. The van der Waals surface area contributed by atoms with E-state index >= 15 is 0 Å². The van der Waals surface area contributed by atoms with E-state index in [9.17, 15) is 13.0 Å². The first-order valence-electron chi connectivity index (χ1n) is 9.54. The van der Waals surface area contributed by atoms with Crippen molar-refractivity contribution in [3.63, 3.8) is 0 Å². The zero-order valence-electron chi connectivity index (χ0n) is 15.6. The molecule has 0 amide bonds. The number of hydrogen-bond donors (Lipinski definition) is 1. The van der Waals surface area contributed by atoms with Gasteiger partial charge in [0.1, 0.15) is 0 Å². The Morgan fingerprint density at radius 1 is 0.917 bits per heavy atom. The van der Waals surface area contributed by atoms with Gasteiger partial charge < -0.3 is 0 Å². The lowest BCUT2D eigenvalue weighted by Gasteiger charge is -2.19. The van der Waals surface area contributed by atoms with Gasteiger partial charge in [0, 0.05) is 0 Å². The highest BCUT2D eigenvalue weighted by Crippen LogP contribution is 2.31. The highest BCUT2D eigenvalue weighted by molar-refractivity contribution is 7.85. The second-order valence-corrected chi connectivity index (χ2v) is 8.13. The smallest absolute Gasteiger partial charge is 0.282 e. The molecule has 0 radical (unpaired) electrons. The summed E-state index contributed by atoms with van der Waals surface area (Å²) in [6, 6.07) is 5.63. The van der Waals surface area contributed by atoms with Gasteiger partial charge in [0.2, 0.25) is 0 Å². The van der Waals surface area contributed by atoms with Gasteiger partial charge in [-0.3, -0.25) is 4.55 Å². The molecule has 138 valence electrons. The van der Waals surface area contributed by atoms with Gasteiger partial charge in [0.05, 0.1) is 4.90 Å². The van der Waals surface area contributed by atoms with Crippen molar-refractivity contribution in [2.45, 2.75) is 95.8 Å². The number of hydrogen-bond acceptors (Lipinski definition) is 2. The molecule has 3 nitrogen and oxygen atoms in total. The van der Waals surface area contributed by atoms with Crippen molar-refractivity contribution in [1.29, 1.82) is 0 Å². The Labute approximate surface area is 148 Å². The maximum Gasteiger partial charge on any atom is 0.294 e. The molecule has 1 N–H and O–H groups in total. The van der Waals surface area contributed by atoms with E-state index in [0.717, 1.165) is 31.2 Å². The molecule has 1 rings (SSSR count). The third-order valence-electron chi connectivity index (χ3n) is 4.78. The number of aryl methyl sites for hydroxylation is 1. The van der Waals surface area contributed by atoms with Crippen LogP contribution >= 0.6 is 0 Å². The van der Waals surface area contributed by atoms with E-state index in [0.29, 0.717) is 17.9 Å². The van der Waals surface area contributed by atoms with Crippen molar-refractivity contribution in [2.24, 2.45) is 0 Å². The van der Waals surface area contributed by atoms with Crippen LogP contribution in [0.3, 0.4) is 0 Å². The van der Waals surface area contributed by atoms with E-state index in [1.165, 1.54) is 32.1 Å². The average molecular weight is 355 g/mol. The Hall–Kier alpha value is -0.870. The fraction of sp³-hybridized carbons (Fsp3) is 0.700. The zero-order chi connectivity index (χ0) is 18.0. The third-order valence-corrected chi connectivity index (χ3v) is 5.72. The van der Waals surface area contributed by atoms with E-state index in [1.54, 1.807) is 6.07 Å². The highest BCUT2D eigenvalue weighted by atomic mass is 32.2. The van der Waals surface area contributed by atoms with Gasteiger partial charge in [-0.25, -0.2) is 0 Å². The van der Waals surface area contributed by atoms with Crippen molar-refractivity contribution in [3.05, 3.63) is 29.3 Å². The molecule has 1 atom stereocenters. The molecule has 0 aliphatic carbocycles. The molecule has 0 saturated carbocycles. The Kier molecular flexibility index (Phi) is 9.60. The minimum absolute atomic E-state index is 0.0926. The molecule has 4 heteroatoms. The van der Waals surface area contributed by atoms with Crippen molar-refractivity contribution in [2.75, 3.05) is 0 Å². The van der Waals surface area contributed by atoms with Crippen molar-refractivity contribution in [1.82, 2.24) is 0 Å². The monoisotopic (exact) mass is 354 g/mol. The van der Waals surface area contributed by atoms with Gasteiger partial charge in [-0.1, -0.05) is 77.8 Å². The lowest BCUT2D eigenvalue weighted by Crippen LogP contribution is -2.06. The number of rotatable bonds is 12. The van der Waals surface area contributed by atoms with Crippen molar-refractivity contribution < 1.29 is 13.0 Å². The van der Waals surface area contributed by atoms with Crippen LogP contribution in [0.4, 0.5) is 0 Å². The second-order valence-electron chi connectivity index (χ2n) is 6.74. The van der Waals surface area contributed by atoms with Crippen LogP contribution in [0.25, 0.3) is 0 Å². The van der Waals surface area contributed by atoms with Crippen LogP contribution in [0.1, 0.15) is 95.6 Å². The van der Waals surface area contributed by atoms with Crippen molar-refractivity contribution >= 4 is 10.1 Å². The van der Waals surface area contributed by atoms with Gasteiger partial charge in [-0.15, -0.1) is 0 Å². The quantitative estimate of drug-likeness (QED) is 0.363. The van der Waals surface area contributed by atoms with E-state index in [-0.39, 0.29) is 4.90 Å². The first-order valence-corrected chi connectivity index (χ1v) is 11.0. The Morgan fingerprint density at radius 3 is 2.12 bits per heavy atom. The van der Waals surface area contributed by atoms with Gasteiger partial charge in [0.15, 0.2) is 0 Å². The molecule has 0 fully saturated rings. The molecule has 24 heavy (non-hydrogen) atoms. The largest absolute Gasteiger partial charge is 0.294 e. The SMILES string of the molecule is CCCCCCCC(CCCC)c1ccc(CC)c(S(=O)(=O)O)c1. The second kappa shape index (κ2) is 10.9. The fourth-order valence-electron chi connectivity index (χ4n) is 3.28. The molecule has 0 aliphatic heterocycles. The summed E-state index contributed by atoms with van der Waals surface area (Å²) < 4.78 is 32.9. The Balaban J connectivity index is 2.92. The van der Waals surface area contributed by atoms with E-state index < -0.39 is 10.1 Å². The van der Waals surface area contributed by atoms with Gasteiger partial charge in [-0.2, -0.15) is 8.42 Å². The van der Waals surface area contributed by atoms with Crippen LogP contribution in [-0.4, -0.2) is 13.0 Å². The van der Waals surface area contributed by atoms with Crippen LogP contribution < -0.4 is 0 Å². The number of unbranched alkanes of at least 4 members (excludes halogenated alkanes) is 5. The lowest BCUT2D eigenvalue weighted by atomic mass is 9.88. The summed E-state index contributed by atoms with van der Waals surface area (Å²) in [4.78, 5) is 0.0926. The summed E-state index contributed by atoms with van der Waals surface area (Å²) in [6.45, 7) is 6.31. The summed E-state index contributed by atoms with van der Waals surface area (Å²) in [5.41, 5.74) is 1.75. The van der Waals surface area contributed by atoms with Crippen LogP contribution in [0.2, 0.25) is 0 Å². The highest BCUT2D eigenvalue weighted by Gasteiger charge is 2.18. The summed E-state index contributed by atoms with van der Waals surface area (Å²) in [5.74, 6) is 0.387. The summed E-state index contributed by atoms with van der Waals surface area (Å²) >= 11 is 0. The molecule has 1 aromatic carbocycles. The average Bonchev–Trinajstić information content (AvgIpc) is 2.56. The van der Waals surface area contributed by atoms with Crippen LogP contribution in [-0.2, 0) is 16.5 Å². The molecular weight excluding hydrogens is 320 g/mol. The normalized spacial score (nSPS) is 13.2. The molecule has 0 aromatic heterocycles. The summed E-state index contributed by atoms with van der Waals surface area (Å²) in [5, 5.41) is 0. The standard InChI is InChI=1S/C20H34O3S/c1-4-7-9-10-11-13-18(12-8-5-2)19-15-14-17(6-3)20(16-19)24(21,22)23/h14-16,18H,4-13H2,1-3H3,(H,21,22,23). The predicted molar refractivity (Wildman–Crippen MR) is 101 cm³/mol. The van der Waals surface area contributed by atoms with Crippen molar-refractivity contribution in [3.8, 4) is 0 Å². The molecule has 0 spiro atoms. The molecule has 0 saturated heterocycles. The molecule has 0 heterocycles. The van der Waals surface area contributed by atoms with E-state index in [4.69, 9.17) is 0 Å². The maximum absolute atomic E-state index is 11.7. The minimum atomic E-state index is -4.15. The topological polar surface area (TPSA) is 54.4 Å². The first kappa shape index (κ1) is 21.2. The molecular formula is C20H34O3S. The van der Waals surface area contributed by atoms with E-state index in [1.807, 2.05) is 13.0 Å². The molecule has 1 aromatic rings. The Morgan fingerprint density at radius 2 is 1.54 bits per heavy atom. The van der Waals surface area contributed by atoms with Crippen LogP contribution in [0, 0.1) is 0 Å². The fourth-order valence-corrected chi connectivity index (χ4v) is 4.11. The molecule has 0 aliphatic rings. The Bertz CT molecular complexity index is 579. The maximum atomic E-state index is 11.7. The van der Waals surface area contributed by atoms with E-state index in [2.05, 4.69) is 19.9 Å². The van der Waals surface area contributed by atoms with Crippen LogP contribution in [0.5, 0.6) is 0 Å². The minimum Gasteiger partial charge on any atom is -0.282 e. The summed E-state index contributed by atoms with van der Waals surface area (Å²) in [7, 11) is -4.15. The first-order chi connectivity index (χ1) is 11.4.